The Morgan fingerprint density at radius 3 is 2.47 bits per heavy atom. The molecular weight excluding hydrogens is 220 g/mol. The van der Waals surface area contributed by atoms with Crippen LogP contribution in [0.5, 0.6) is 0 Å². The lowest BCUT2D eigenvalue weighted by Gasteiger charge is -2.32. The van der Waals surface area contributed by atoms with Crippen LogP contribution < -0.4 is 5.32 Å². The van der Waals surface area contributed by atoms with Crippen molar-refractivity contribution in [2.45, 2.75) is 46.1 Å². The fourth-order valence-corrected chi connectivity index (χ4v) is 1.95. The summed E-state index contributed by atoms with van der Waals surface area (Å²) in [5.41, 5.74) is -1.06. The molecule has 1 heterocycles. The first-order chi connectivity index (χ1) is 7.67. The zero-order valence-corrected chi connectivity index (χ0v) is 11.0. The highest BCUT2D eigenvalue weighted by molar-refractivity contribution is 5.86. The highest BCUT2D eigenvalue weighted by Crippen LogP contribution is 2.29. The van der Waals surface area contributed by atoms with Gasteiger partial charge in [0, 0.05) is 13.1 Å². The molecule has 5 heteroatoms. The number of carboxylic acids is 1. The Kier molecular flexibility index (Phi) is 3.69. The van der Waals surface area contributed by atoms with Gasteiger partial charge in [0.05, 0.1) is 0 Å². The zero-order chi connectivity index (χ0) is 13.3. The van der Waals surface area contributed by atoms with Crippen molar-refractivity contribution < 1.29 is 14.7 Å². The molecule has 1 atom stereocenters. The molecule has 0 bridgehead atoms. The molecule has 1 unspecified atom stereocenters. The van der Waals surface area contributed by atoms with E-state index in [-0.39, 0.29) is 11.4 Å². The van der Waals surface area contributed by atoms with Gasteiger partial charge in [-0.05, 0) is 25.2 Å². The summed E-state index contributed by atoms with van der Waals surface area (Å²) in [6.45, 7) is 8.73. The summed E-state index contributed by atoms with van der Waals surface area (Å²) in [5, 5.41) is 12.0. The molecule has 1 fully saturated rings. The van der Waals surface area contributed by atoms with Crippen LogP contribution in [0, 0.1) is 5.41 Å². The largest absolute Gasteiger partial charge is 0.480 e. The Hall–Kier alpha value is -1.26. The molecule has 0 aliphatic carbocycles. The van der Waals surface area contributed by atoms with Crippen molar-refractivity contribution in [2.75, 3.05) is 13.1 Å². The monoisotopic (exact) mass is 242 g/mol. The maximum absolute atomic E-state index is 12.0. The number of carboxylic acid groups (broad SMARTS) is 1. The standard InChI is InChI=1S/C12H22N2O3/c1-11(2,3)8-13-10(17)14-7-5-6-12(14,4)9(15)16/h5-8H2,1-4H3,(H,13,17)(H,15,16). The van der Waals surface area contributed by atoms with Crippen molar-refractivity contribution in [3.05, 3.63) is 0 Å². The summed E-state index contributed by atoms with van der Waals surface area (Å²) in [7, 11) is 0. The molecule has 0 radical (unpaired) electrons. The highest BCUT2D eigenvalue weighted by atomic mass is 16.4. The molecule has 0 aromatic rings. The number of nitrogens with one attached hydrogen (secondary N) is 1. The Labute approximate surface area is 102 Å². The number of amides is 2. The Balaban J connectivity index is 2.66. The molecule has 1 saturated heterocycles. The predicted molar refractivity (Wildman–Crippen MR) is 64.8 cm³/mol. The number of aliphatic carboxylic acids is 1. The third kappa shape index (κ3) is 3.11. The third-order valence-electron chi connectivity index (χ3n) is 3.12. The van der Waals surface area contributed by atoms with Crippen LogP contribution in [0.3, 0.4) is 0 Å². The number of hydrogen-bond donors (Lipinski definition) is 2. The molecule has 0 aromatic heterocycles. The minimum Gasteiger partial charge on any atom is -0.480 e. The lowest BCUT2D eigenvalue weighted by atomic mass is 9.97. The average molecular weight is 242 g/mol. The second-order valence-corrected chi connectivity index (χ2v) is 6.05. The van der Waals surface area contributed by atoms with Gasteiger partial charge in [-0.1, -0.05) is 20.8 Å². The van der Waals surface area contributed by atoms with E-state index in [1.165, 1.54) is 4.90 Å². The molecule has 1 aliphatic rings. The first-order valence-electron chi connectivity index (χ1n) is 5.96. The fraction of sp³-hybridized carbons (Fsp3) is 0.833. The van der Waals surface area contributed by atoms with Gasteiger partial charge in [0.25, 0.3) is 0 Å². The number of likely N-dealkylation sites (tertiary alicyclic amines) is 1. The van der Waals surface area contributed by atoms with Gasteiger partial charge in [0.1, 0.15) is 5.54 Å². The lowest BCUT2D eigenvalue weighted by Crippen LogP contribution is -2.54. The van der Waals surface area contributed by atoms with E-state index in [2.05, 4.69) is 5.32 Å². The van der Waals surface area contributed by atoms with Crippen molar-refractivity contribution >= 4 is 12.0 Å². The second kappa shape index (κ2) is 4.55. The van der Waals surface area contributed by atoms with E-state index in [0.717, 1.165) is 6.42 Å². The molecule has 2 N–H and O–H groups in total. The number of urea groups is 1. The van der Waals surface area contributed by atoms with Gasteiger partial charge < -0.3 is 15.3 Å². The van der Waals surface area contributed by atoms with Gasteiger partial charge in [0.15, 0.2) is 0 Å². The van der Waals surface area contributed by atoms with Crippen LogP contribution in [0.1, 0.15) is 40.5 Å². The number of rotatable bonds is 2. The van der Waals surface area contributed by atoms with E-state index in [1.54, 1.807) is 6.92 Å². The number of carbonyl (C=O) groups excluding carboxylic acids is 1. The smallest absolute Gasteiger partial charge is 0.329 e. The molecule has 2 amide bonds. The van der Waals surface area contributed by atoms with E-state index in [4.69, 9.17) is 0 Å². The Morgan fingerprint density at radius 2 is 2.00 bits per heavy atom. The third-order valence-corrected chi connectivity index (χ3v) is 3.12. The maximum atomic E-state index is 12.0. The SMILES string of the molecule is CC(C)(C)CNC(=O)N1CCCC1(C)C(=O)O. The maximum Gasteiger partial charge on any atom is 0.329 e. The summed E-state index contributed by atoms with van der Waals surface area (Å²) in [5.74, 6) is -0.930. The highest BCUT2D eigenvalue weighted by Gasteiger charge is 2.45. The minimum atomic E-state index is -1.05. The molecule has 5 nitrogen and oxygen atoms in total. The molecule has 17 heavy (non-hydrogen) atoms. The number of hydrogen-bond acceptors (Lipinski definition) is 2. The summed E-state index contributed by atoms with van der Waals surface area (Å²) in [6.07, 6.45) is 1.26. The average Bonchev–Trinajstić information content (AvgIpc) is 2.57. The zero-order valence-electron chi connectivity index (χ0n) is 11.0. The van der Waals surface area contributed by atoms with E-state index in [9.17, 15) is 14.7 Å². The molecular formula is C12H22N2O3. The lowest BCUT2D eigenvalue weighted by molar-refractivity contribution is -0.147. The summed E-state index contributed by atoms with van der Waals surface area (Å²) < 4.78 is 0. The van der Waals surface area contributed by atoms with Crippen molar-refractivity contribution in [1.29, 1.82) is 0 Å². The van der Waals surface area contributed by atoms with Crippen LogP contribution in [0.15, 0.2) is 0 Å². The van der Waals surface area contributed by atoms with E-state index in [1.807, 2.05) is 20.8 Å². The summed E-state index contributed by atoms with van der Waals surface area (Å²) in [4.78, 5) is 24.6. The minimum absolute atomic E-state index is 0.00495. The molecule has 1 aliphatic heterocycles. The molecule has 1 rings (SSSR count). The van der Waals surface area contributed by atoms with Crippen molar-refractivity contribution in [1.82, 2.24) is 10.2 Å². The van der Waals surface area contributed by atoms with E-state index < -0.39 is 11.5 Å². The summed E-state index contributed by atoms with van der Waals surface area (Å²) >= 11 is 0. The van der Waals surface area contributed by atoms with Gasteiger partial charge in [0.2, 0.25) is 0 Å². The molecule has 0 spiro atoms. The fourth-order valence-electron chi connectivity index (χ4n) is 1.95. The van der Waals surface area contributed by atoms with Gasteiger partial charge in [-0.25, -0.2) is 9.59 Å². The summed E-state index contributed by atoms with van der Waals surface area (Å²) in [6, 6.07) is -0.276. The van der Waals surface area contributed by atoms with Crippen molar-refractivity contribution in [2.24, 2.45) is 5.41 Å². The molecule has 0 aromatic carbocycles. The van der Waals surface area contributed by atoms with E-state index in [0.29, 0.717) is 19.5 Å². The van der Waals surface area contributed by atoms with Crippen molar-refractivity contribution in [3.63, 3.8) is 0 Å². The van der Waals surface area contributed by atoms with Crippen LogP contribution >= 0.6 is 0 Å². The van der Waals surface area contributed by atoms with E-state index >= 15 is 0 Å². The quantitative estimate of drug-likeness (QED) is 0.774. The van der Waals surface area contributed by atoms with Gasteiger partial charge in [-0.15, -0.1) is 0 Å². The normalized spacial score (nSPS) is 24.8. The second-order valence-electron chi connectivity index (χ2n) is 6.05. The first-order valence-corrected chi connectivity index (χ1v) is 5.96. The number of carbonyl (C=O) groups is 2. The van der Waals surface area contributed by atoms with Gasteiger partial charge in [-0.2, -0.15) is 0 Å². The van der Waals surface area contributed by atoms with Crippen molar-refractivity contribution in [3.8, 4) is 0 Å². The predicted octanol–water partition coefficient (Wildman–Crippen LogP) is 1.68. The Morgan fingerprint density at radius 1 is 1.41 bits per heavy atom. The number of nitrogens with zero attached hydrogens (tertiary/aromatic N) is 1. The first kappa shape index (κ1) is 13.8. The van der Waals surface area contributed by atoms with Crippen LogP contribution in [0.4, 0.5) is 4.79 Å². The topological polar surface area (TPSA) is 69.6 Å². The van der Waals surface area contributed by atoms with Gasteiger partial charge in [-0.3, -0.25) is 0 Å². The van der Waals surface area contributed by atoms with Gasteiger partial charge >= 0.3 is 12.0 Å². The van der Waals surface area contributed by atoms with Crippen LogP contribution in [0.2, 0.25) is 0 Å². The Bertz CT molecular complexity index is 322. The van der Waals surface area contributed by atoms with Crippen LogP contribution in [-0.4, -0.2) is 40.6 Å². The van der Waals surface area contributed by atoms with Crippen LogP contribution in [-0.2, 0) is 4.79 Å². The molecule has 0 saturated carbocycles. The molecule has 98 valence electrons. The van der Waals surface area contributed by atoms with Crippen LogP contribution in [0.25, 0.3) is 0 Å².